The van der Waals surface area contributed by atoms with Crippen molar-refractivity contribution in [2.24, 2.45) is 0 Å². The number of nitrogens with one attached hydrogen (secondary N) is 1. The number of thiazole rings is 1. The van der Waals surface area contributed by atoms with Crippen molar-refractivity contribution in [1.82, 2.24) is 10.3 Å². The molecule has 1 aromatic heterocycles. The molecule has 5 heteroatoms. The number of fused-ring (bicyclic) bond motifs is 1. The van der Waals surface area contributed by atoms with Gasteiger partial charge in [0, 0.05) is 40.0 Å². The molecule has 0 saturated heterocycles. The number of aromatic nitrogens is 1. The molecule has 0 spiro atoms. The lowest BCUT2D eigenvalue weighted by molar-refractivity contribution is 0.487. The zero-order chi connectivity index (χ0) is 13.9. The molecular formula is C15H17ClN2S2. The second-order valence-electron chi connectivity index (χ2n) is 5.05. The topological polar surface area (TPSA) is 24.9 Å². The number of hydrogen-bond acceptors (Lipinski definition) is 4. The lowest BCUT2D eigenvalue weighted by Crippen LogP contribution is -2.28. The van der Waals surface area contributed by atoms with Crippen molar-refractivity contribution in [1.29, 1.82) is 0 Å². The van der Waals surface area contributed by atoms with Gasteiger partial charge in [-0.2, -0.15) is 0 Å². The fourth-order valence-corrected chi connectivity index (χ4v) is 4.45. The van der Waals surface area contributed by atoms with E-state index in [4.69, 9.17) is 11.6 Å². The summed E-state index contributed by atoms with van der Waals surface area (Å²) in [4.78, 5) is 5.75. The minimum atomic E-state index is 0.410. The van der Waals surface area contributed by atoms with E-state index in [1.165, 1.54) is 15.5 Å². The summed E-state index contributed by atoms with van der Waals surface area (Å²) in [5.41, 5.74) is 1.35. The normalized spacial score (nSPS) is 19.6. The third kappa shape index (κ3) is 3.19. The van der Waals surface area contributed by atoms with E-state index in [-0.39, 0.29) is 0 Å². The van der Waals surface area contributed by atoms with Gasteiger partial charge in [0.15, 0.2) is 0 Å². The largest absolute Gasteiger partial charge is 0.309 e. The molecule has 1 aromatic carbocycles. The predicted molar refractivity (Wildman–Crippen MR) is 88.1 cm³/mol. The summed E-state index contributed by atoms with van der Waals surface area (Å²) in [5.74, 6) is 1.62. The molecule has 3 rings (SSSR count). The van der Waals surface area contributed by atoms with Crippen molar-refractivity contribution in [3.8, 4) is 0 Å². The molecule has 0 bridgehead atoms. The summed E-state index contributed by atoms with van der Waals surface area (Å²) >= 11 is 9.79. The van der Waals surface area contributed by atoms with Crippen LogP contribution in [-0.2, 0) is 0 Å². The third-order valence-corrected chi connectivity index (χ3v) is 5.92. The van der Waals surface area contributed by atoms with Gasteiger partial charge in [0.05, 0.1) is 5.01 Å². The maximum Gasteiger partial charge on any atom is 0.0965 e. The molecule has 20 heavy (non-hydrogen) atoms. The van der Waals surface area contributed by atoms with Crippen LogP contribution in [0.4, 0.5) is 0 Å². The van der Waals surface area contributed by atoms with Gasteiger partial charge in [-0.05, 0) is 35.9 Å². The summed E-state index contributed by atoms with van der Waals surface area (Å²) in [6, 6.07) is 6.63. The average Bonchev–Trinajstić information content (AvgIpc) is 2.99. The van der Waals surface area contributed by atoms with E-state index in [1.54, 1.807) is 11.3 Å². The van der Waals surface area contributed by atoms with Crippen LogP contribution in [0.3, 0.4) is 0 Å². The van der Waals surface area contributed by atoms with Crippen LogP contribution in [0, 0.1) is 0 Å². The summed E-state index contributed by atoms with van der Waals surface area (Å²) in [6.07, 6.45) is 3.03. The average molecular weight is 325 g/mol. The van der Waals surface area contributed by atoms with Gasteiger partial charge in [-0.3, -0.25) is 0 Å². The number of benzene rings is 1. The molecule has 1 aliphatic rings. The molecule has 0 aliphatic carbocycles. The molecule has 2 aromatic rings. The van der Waals surface area contributed by atoms with Crippen LogP contribution in [-0.4, -0.2) is 17.3 Å². The van der Waals surface area contributed by atoms with Gasteiger partial charge in [-0.25, -0.2) is 4.98 Å². The highest BCUT2D eigenvalue weighted by Gasteiger charge is 2.21. The molecule has 0 fully saturated rings. The van der Waals surface area contributed by atoms with Gasteiger partial charge in [0.1, 0.15) is 0 Å². The Balaban J connectivity index is 1.69. The van der Waals surface area contributed by atoms with Gasteiger partial charge >= 0.3 is 0 Å². The Bertz CT molecular complexity index is 571. The van der Waals surface area contributed by atoms with E-state index < -0.39 is 0 Å². The van der Waals surface area contributed by atoms with Crippen molar-refractivity contribution in [3.63, 3.8) is 0 Å². The lowest BCUT2D eigenvalue weighted by Gasteiger charge is -2.27. The minimum absolute atomic E-state index is 0.410. The van der Waals surface area contributed by atoms with Crippen LogP contribution in [0.5, 0.6) is 0 Å². The molecule has 0 amide bonds. The zero-order valence-electron chi connectivity index (χ0n) is 11.3. The highest BCUT2D eigenvalue weighted by Crippen LogP contribution is 2.37. The molecule has 0 saturated carbocycles. The minimum Gasteiger partial charge on any atom is -0.309 e. The number of halogens is 1. The molecule has 2 nitrogen and oxygen atoms in total. The fraction of sp³-hybridized carbons (Fsp3) is 0.400. The van der Waals surface area contributed by atoms with Crippen molar-refractivity contribution in [2.45, 2.75) is 30.2 Å². The number of rotatable bonds is 4. The van der Waals surface area contributed by atoms with Gasteiger partial charge in [0.2, 0.25) is 0 Å². The predicted octanol–water partition coefficient (Wildman–Crippen LogP) is 4.73. The Labute approximate surface area is 133 Å². The van der Waals surface area contributed by atoms with E-state index in [2.05, 4.69) is 29.4 Å². The smallest absolute Gasteiger partial charge is 0.0965 e. The van der Waals surface area contributed by atoms with Crippen molar-refractivity contribution in [3.05, 3.63) is 45.4 Å². The highest BCUT2D eigenvalue weighted by atomic mass is 35.5. The maximum absolute atomic E-state index is 6.14. The van der Waals surface area contributed by atoms with Crippen LogP contribution in [0.2, 0.25) is 5.02 Å². The van der Waals surface area contributed by atoms with E-state index in [9.17, 15) is 0 Å². The molecule has 1 N–H and O–H groups in total. The maximum atomic E-state index is 6.14. The second-order valence-corrected chi connectivity index (χ2v) is 7.55. The van der Waals surface area contributed by atoms with Crippen molar-refractivity contribution >= 4 is 34.7 Å². The number of hydrogen-bond donors (Lipinski definition) is 1. The summed E-state index contributed by atoms with van der Waals surface area (Å²) in [6.45, 7) is 3.18. The van der Waals surface area contributed by atoms with Gasteiger partial charge in [-0.15, -0.1) is 23.1 Å². The van der Waals surface area contributed by atoms with Gasteiger partial charge in [0.25, 0.3) is 0 Å². The van der Waals surface area contributed by atoms with E-state index in [1.807, 2.05) is 29.4 Å². The first-order valence-electron chi connectivity index (χ1n) is 6.79. The van der Waals surface area contributed by atoms with Crippen molar-refractivity contribution < 1.29 is 0 Å². The van der Waals surface area contributed by atoms with E-state index in [0.29, 0.717) is 12.0 Å². The second kappa shape index (κ2) is 6.48. The summed E-state index contributed by atoms with van der Waals surface area (Å²) < 4.78 is 0. The zero-order valence-corrected chi connectivity index (χ0v) is 13.7. The Morgan fingerprint density at radius 1 is 1.50 bits per heavy atom. The molecular weight excluding hydrogens is 308 g/mol. The quantitative estimate of drug-likeness (QED) is 0.880. The van der Waals surface area contributed by atoms with E-state index in [0.717, 1.165) is 23.7 Å². The van der Waals surface area contributed by atoms with Crippen LogP contribution in [0.15, 0.2) is 34.7 Å². The van der Waals surface area contributed by atoms with E-state index >= 15 is 0 Å². The molecule has 2 atom stereocenters. The fourth-order valence-electron chi connectivity index (χ4n) is 2.46. The molecule has 1 aliphatic heterocycles. The lowest BCUT2D eigenvalue weighted by atomic mass is 10.0. The number of nitrogens with zero attached hydrogens (tertiary/aromatic N) is 1. The summed E-state index contributed by atoms with van der Waals surface area (Å²) in [7, 11) is 0. The van der Waals surface area contributed by atoms with Crippen molar-refractivity contribution in [2.75, 3.05) is 12.3 Å². The van der Waals surface area contributed by atoms with Crippen LogP contribution < -0.4 is 5.32 Å². The Kier molecular flexibility index (Phi) is 4.66. The first-order valence-corrected chi connectivity index (χ1v) is 9.03. The molecule has 106 valence electrons. The van der Waals surface area contributed by atoms with Crippen LogP contribution in [0.1, 0.15) is 35.9 Å². The monoisotopic (exact) mass is 324 g/mol. The van der Waals surface area contributed by atoms with Crippen LogP contribution in [0.25, 0.3) is 0 Å². The summed E-state index contributed by atoms with van der Waals surface area (Å²) in [5, 5.41) is 7.76. The third-order valence-electron chi connectivity index (χ3n) is 3.55. The van der Waals surface area contributed by atoms with Gasteiger partial charge < -0.3 is 5.32 Å². The van der Waals surface area contributed by atoms with Gasteiger partial charge in [-0.1, -0.05) is 18.5 Å². The molecule has 0 radical (unpaired) electrons. The standard InChI is InChI=1S/C15H17ClN2S2/c1-10(15-17-5-7-20-15)9-18-13-4-6-19-14-3-2-11(16)8-12(13)14/h2-3,5,7-8,10,13,18H,4,6,9H2,1H3. The number of thioether (sulfide) groups is 1. The SMILES string of the molecule is CC(CNC1CCSc2ccc(Cl)cc21)c1nccs1. The molecule has 2 heterocycles. The Hall–Kier alpha value is -0.550. The highest BCUT2D eigenvalue weighted by molar-refractivity contribution is 7.99. The first-order chi connectivity index (χ1) is 9.74. The molecule has 2 unspecified atom stereocenters. The first kappa shape index (κ1) is 14.4. The Morgan fingerprint density at radius 3 is 3.20 bits per heavy atom. The van der Waals surface area contributed by atoms with Crippen LogP contribution >= 0.6 is 34.7 Å². The Morgan fingerprint density at radius 2 is 2.40 bits per heavy atom.